The summed E-state index contributed by atoms with van der Waals surface area (Å²) in [5.74, 6) is 0. The van der Waals surface area contributed by atoms with Crippen LogP contribution in [0.5, 0.6) is 0 Å². The molecule has 1 aromatic carbocycles. The van der Waals surface area contributed by atoms with Gasteiger partial charge in [-0.25, -0.2) is 0 Å². The summed E-state index contributed by atoms with van der Waals surface area (Å²) >= 11 is 16.3. The fourth-order valence-electron chi connectivity index (χ4n) is 0.593. The van der Waals surface area contributed by atoms with Crippen LogP contribution in [-0.2, 0) is 0 Å². The Balaban J connectivity index is 0.00000144. The Morgan fingerprint density at radius 2 is 0.846 bits per heavy atom. The van der Waals surface area contributed by atoms with Gasteiger partial charge in [0, 0.05) is 22.7 Å². The van der Waals surface area contributed by atoms with Crippen molar-refractivity contribution in [3.05, 3.63) is 17.9 Å². The summed E-state index contributed by atoms with van der Waals surface area (Å²) in [6.07, 6.45) is 0. The van der Waals surface area contributed by atoms with Crippen LogP contribution < -0.4 is 0 Å². The number of hydrogen-bond donors (Lipinski definition) is 1. The van der Waals surface area contributed by atoms with Crippen molar-refractivity contribution in [2.45, 2.75) is 4.90 Å². The van der Waals surface area contributed by atoms with Crippen molar-refractivity contribution >= 4 is 155 Å². The summed E-state index contributed by atoms with van der Waals surface area (Å²) < 4.78 is 6.46. The van der Waals surface area contributed by atoms with Gasteiger partial charge in [0.05, 0.1) is 0 Å². The van der Waals surface area contributed by atoms with E-state index in [4.69, 9.17) is 0 Å². The zero-order valence-corrected chi connectivity index (χ0v) is 17.0. The number of thiol groups is 1. The van der Waals surface area contributed by atoms with Crippen LogP contribution in [0.15, 0.2) is 4.90 Å². The first-order valence-electron chi connectivity index (χ1n) is 2.67. The summed E-state index contributed by atoms with van der Waals surface area (Å²) in [6, 6.07) is 0. The second-order valence-electron chi connectivity index (χ2n) is 1.92. The molecule has 0 nitrogen and oxygen atoms in total. The van der Waals surface area contributed by atoms with Gasteiger partial charge in [-0.3, -0.25) is 0 Å². The van der Waals surface area contributed by atoms with Crippen LogP contribution in [0.1, 0.15) is 0 Å². The summed E-state index contributed by atoms with van der Waals surface area (Å²) in [6.45, 7) is 0. The molecule has 0 amide bonds. The second-order valence-corrected chi connectivity index (χ2v) is 7.76. The van der Waals surface area contributed by atoms with E-state index >= 15 is 0 Å². The monoisotopic (exact) mass is 763 g/mol. The van der Waals surface area contributed by atoms with Crippen LogP contribution in [0.3, 0.4) is 0 Å². The Morgan fingerprint density at radius 1 is 0.615 bits per heavy atom. The van der Waals surface area contributed by atoms with Crippen LogP contribution in [0.4, 0.5) is 0 Å². The van der Waals surface area contributed by atoms with Crippen LogP contribution in [0.25, 0.3) is 0 Å². The molecule has 0 atom stereocenters. The average Bonchev–Trinajstić information content (AvgIpc) is 2.08. The fraction of sp³-hybridized carbons (Fsp3) is 0. The van der Waals surface area contributed by atoms with E-state index in [0.717, 1.165) is 4.90 Å². The van der Waals surface area contributed by atoms with E-state index in [2.05, 4.69) is 126 Å². The first kappa shape index (κ1) is 17.2. The van der Waals surface area contributed by atoms with Crippen LogP contribution in [0, 0.1) is 17.9 Å². The normalized spacial score (nSPS) is 9.69. The molecule has 0 aliphatic rings. The summed E-state index contributed by atoms with van der Waals surface area (Å²) in [5, 5.41) is 0. The van der Waals surface area contributed by atoms with Gasteiger partial charge >= 0.3 is 29.6 Å². The molecule has 0 spiro atoms. The number of rotatable bonds is 0. The Hall–Kier alpha value is 4.22. The van der Waals surface area contributed by atoms with E-state index in [9.17, 15) is 0 Å². The van der Waals surface area contributed by atoms with Crippen molar-refractivity contribution in [2.75, 3.05) is 0 Å². The molecule has 0 N–H and O–H groups in total. The minimum absolute atomic E-state index is 0. The Morgan fingerprint density at radius 3 is 1.15 bits per heavy atom. The van der Waals surface area contributed by atoms with Gasteiger partial charge in [0.25, 0.3) is 0 Å². The zero-order chi connectivity index (χ0) is 9.46. The summed E-state index contributed by atoms with van der Waals surface area (Å²) in [4.78, 5) is 1.10. The second kappa shape index (κ2) is 7.61. The van der Waals surface area contributed by atoms with Gasteiger partial charge in [-0.15, -0.1) is 12.6 Å². The maximum atomic E-state index is 4.47. The Labute approximate surface area is 173 Å². The molecule has 0 unspecified atom stereocenters. The zero-order valence-electron chi connectivity index (χ0n) is 5.34. The molecular formula is C6H2I5NaS. The predicted octanol–water partition coefficient (Wildman–Crippen LogP) is 4.35. The predicted molar refractivity (Wildman–Crippen MR) is 104 cm³/mol. The molecule has 1 aromatic rings. The van der Waals surface area contributed by atoms with E-state index in [-0.39, 0.29) is 29.6 Å². The third-order valence-electron chi connectivity index (χ3n) is 1.19. The van der Waals surface area contributed by atoms with Crippen LogP contribution >= 0.6 is 126 Å². The maximum absolute atomic E-state index is 4.47. The Bertz CT molecular complexity index is 235. The molecule has 0 radical (unpaired) electrons. The van der Waals surface area contributed by atoms with E-state index in [1.165, 1.54) is 17.9 Å². The molecule has 0 aromatic heterocycles. The molecule has 0 heterocycles. The molecule has 0 aliphatic carbocycles. The Kier molecular flexibility index (Phi) is 10.1. The number of hydrogen-bond acceptors (Lipinski definition) is 1. The number of halogens is 5. The van der Waals surface area contributed by atoms with Gasteiger partial charge in [-0.1, -0.05) is 0 Å². The van der Waals surface area contributed by atoms with Crippen LogP contribution in [0.2, 0.25) is 0 Å². The molecule has 0 bridgehead atoms. The first-order valence-corrected chi connectivity index (χ1v) is 8.51. The number of benzene rings is 1. The topological polar surface area (TPSA) is 0 Å². The van der Waals surface area contributed by atoms with Crippen molar-refractivity contribution < 1.29 is 0 Å². The SMILES string of the molecule is Sc1c(I)c(I)c(I)c(I)c1I.[NaH]. The molecule has 0 saturated carbocycles. The van der Waals surface area contributed by atoms with E-state index < -0.39 is 0 Å². The van der Waals surface area contributed by atoms with Crippen molar-refractivity contribution in [1.29, 1.82) is 0 Å². The van der Waals surface area contributed by atoms with Gasteiger partial charge in [-0.2, -0.15) is 0 Å². The first-order chi connectivity index (χ1) is 5.46. The molecule has 0 fully saturated rings. The van der Waals surface area contributed by atoms with Crippen LogP contribution in [-0.4, -0.2) is 29.6 Å². The third kappa shape index (κ3) is 4.12. The molecule has 68 valence electrons. The molecule has 0 saturated heterocycles. The molecule has 7 heteroatoms. The van der Waals surface area contributed by atoms with E-state index in [0.29, 0.717) is 0 Å². The van der Waals surface area contributed by atoms with Crippen molar-refractivity contribution in [3.63, 3.8) is 0 Å². The molecule has 13 heavy (non-hydrogen) atoms. The van der Waals surface area contributed by atoms with Gasteiger partial charge < -0.3 is 0 Å². The van der Waals surface area contributed by atoms with E-state index in [1.807, 2.05) is 0 Å². The van der Waals surface area contributed by atoms with Gasteiger partial charge in [0.2, 0.25) is 0 Å². The summed E-state index contributed by atoms with van der Waals surface area (Å²) in [7, 11) is 0. The van der Waals surface area contributed by atoms with E-state index in [1.54, 1.807) is 0 Å². The van der Waals surface area contributed by atoms with Crippen molar-refractivity contribution in [2.24, 2.45) is 0 Å². The fourth-order valence-corrected chi connectivity index (χ4v) is 6.00. The van der Waals surface area contributed by atoms with Crippen molar-refractivity contribution in [3.8, 4) is 0 Å². The van der Waals surface area contributed by atoms with Gasteiger partial charge in [-0.05, 0) is 113 Å². The minimum atomic E-state index is 0. The van der Waals surface area contributed by atoms with Gasteiger partial charge in [0.15, 0.2) is 0 Å². The van der Waals surface area contributed by atoms with Gasteiger partial charge in [0.1, 0.15) is 0 Å². The molecule has 0 aliphatic heterocycles. The van der Waals surface area contributed by atoms with Crippen molar-refractivity contribution in [1.82, 2.24) is 0 Å². The quantitative estimate of drug-likeness (QED) is 0.132. The summed E-state index contributed by atoms with van der Waals surface area (Å²) in [5.41, 5.74) is 0. The third-order valence-corrected chi connectivity index (χ3v) is 12.0. The molecule has 1 rings (SSSR count). The standard InChI is InChI=1S/C6HI5S.Na.H/c7-1-2(8)4(10)6(12)5(11)3(1)9;;/h12H;;. The molecular weight excluding hydrogens is 762 g/mol. The average molecular weight is 764 g/mol.